The summed E-state index contributed by atoms with van der Waals surface area (Å²) < 4.78 is 1.81. The number of carboxylic acid groups (broad SMARTS) is 1. The molecule has 0 amide bonds. The van der Waals surface area contributed by atoms with Gasteiger partial charge in [-0.3, -0.25) is 0 Å². The summed E-state index contributed by atoms with van der Waals surface area (Å²) in [6, 6.07) is 3.52. The van der Waals surface area contributed by atoms with Crippen molar-refractivity contribution in [2.75, 3.05) is 11.9 Å². The zero-order valence-electron chi connectivity index (χ0n) is 10.9. The van der Waals surface area contributed by atoms with Crippen LogP contribution in [0.5, 0.6) is 0 Å². The number of nitrogens with one attached hydrogen (secondary N) is 1. The van der Waals surface area contributed by atoms with Crippen LogP contribution in [0.25, 0.3) is 5.65 Å². The standard InChI is InChI=1S/C12H15BrN4O2/c1-12(2,3)6-14-7-4-5-8-15-9(11(18)19)10(13)17(8)16-7/h4-5H,6H2,1-3H3,(H,14,16)(H,18,19). The monoisotopic (exact) mass is 326 g/mol. The normalized spacial score (nSPS) is 11.8. The van der Waals surface area contributed by atoms with Gasteiger partial charge in [-0.2, -0.15) is 0 Å². The van der Waals surface area contributed by atoms with Gasteiger partial charge in [-0.05, 0) is 33.5 Å². The number of aromatic nitrogens is 3. The van der Waals surface area contributed by atoms with Crippen LogP contribution in [0, 0.1) is 5.41 Å². The van der Waals surface area contributed by atoms with E-state index in [4.69, 9.17) is 5.11 Å². The molecule has 0 spiro atoms. The maximum absolute atomic E-state index is 11.0. The van der Waals surface area contributed by atoms with Crippen LogP contribution < -0.4 is 5.32 Å². The average molecular weight is 327 g/mol. The number of carboxylic acids is 1. The van der Waals surface area contributed by atoms with E-state index in [0.717, 1.165) is 6.54 Å². The quantitative estimate of drug-likeness (QED) is 0.906. The van der Waals surface area contributed by atoms with Gasteiger partial charge in [-0.25, -0.2) is 14.3 Å². The van der Waals surface area contributed by atoms with Gasteiger partial charge in [0.2, 0.25) is 0 Å². The number of aromatic carboxylic acids is 1. The van der Waals surface area contributed by atoms with Crippen molar-refractivity contribution in [1.29, 1.82) is 0 Å². The fourth-order valence-corrected chi connectivity index (χ4v) is 2.01. The molecule has 0 atom stereocenters. The Labute approximate surface area is 119 Å². The Morgan fingerprint density at radius 2 is 2.16 bits per heavy atom. The fraction of sp³-hybridized carbons (Fsp3) is 0.417. The molecule has 2 aromatic rings. The summed E-state index contributed by atoms with van der Waals surface area (Å²) in [6.07, 6.45) is 0. The van der Waals surface area contributed by atoms with E-state index in [0.29, 0.717) is 16.1 Å². The van der Waals surface area contributed by atoms with E-state index in [2.05, 4.69) is 52.1 Å². The highest BCUT2D eigenvalue weighted by atomic mass is 79.9. The third kappa shape index (κ3) is 3.04. The van der Waals surface area contributed by atoms with Crippen molar-refractivity contribution in [2.24, 2.45) is 5.41 Å². The van der Waals surface area contributed by atoms with E-state index >= 15 is 0 Å². The van der Waals surface area contributed by atoms with Gasteiger partial charge < -0.3 is 10.4 Å². The van der Waals surface area contributed by atoms with E-state index in [9.17, 15) is 4.79 Å². The van der Waals surface area contributed by atoms with Gasteiger partial charge in [0.15, 0.2) is 11.3 Å². The Bertz CT molecular complexity index is 630. The molecule has 2 aromatic heterocycles. The lowest BCUT2D eigenvalue weighted by Crippen LogP contribution is -2.20. The molecule has 0 radical (unpaired) electrons. The third-order valence-electron chi connectivity index (χ3n) is 2.43. The molecule has 0 aliphatic heterocycles. The summed E-state index contributed by atoms with van der Waals surface area (Å²) in [5, 5.41) is 16.5. The Kier molecular flexibility index (Phi) is 3.49. The maximum atomic E-state index is 11.0. The first kappa shape index (κ1) is 13.8. The summed E-state index contributed by atoms with van der Waals surface area (Å²) in [5.74, 6) is -0.404. The molecule has 0 aromatic carbocycles. The second-order valence-corrected chi connectivity index (χ2v) is 6.21. The minimum Gasteiger partial charge on any atom is -0.476 e. The number of nitrogens with zero attached hydrogens (tertiary/aromatic N) is 3. The van der Waals surface area contributed by atoms with E-state index in [1.165, 1.54) is 4.52 Å². The lowest BCUT2D eigenvalue weighted by atomic mass is 9.97. The Hall–Kier alpha value is -1.63. The number of hydrogen-bond acceptors (Lipinski definition) is 4. The largest absolute Gasteiger partial charge is 0.476 e. The summed E-state index contributed by atoms with van der Waals surface area (Å²) in [6.45, 7) is 7.13. The van der Waals surface area contributed by atoms with Crippen molar-refractivity contribution >= 4 is 33.4 Å². The predicted molar refractivity (Wildman–Crippen MR) is 75.6 cm³/mol. The van der Waals surface area contributed by atoms with Crippen LogP contribution in [-0.2, 0) is 0 Å². The van der Waals surface area contributed by atoms with Gasteiger partial charge in [0.25, 0.3) is 0 Å². The van der Waals surface area contributed by atoms with Gasteiger partial charge in [-0.1, -0.05) is 20.8 Å². The molecule has 0 saturated heterocycles. The highest BCUT2D eigenvalue weighted by Crippen LogP contribution is 2.20. The number of carbonyl (C=O) groups is 1. The SMILES string of the molecule is CC(C)(C)CNc1ccc2nc(C(=O)O)c(Br)n2n1. The molecule has 0 bridgehead atoms. The molecular weight excluding hydrogens is 312 g/mol. The smallest absolute Gasteiger partial charge is 0.357 e. The van der Waals surface area contributed by atoms with Gasteiger partial charge in [-0.15, -0.1) is 5.10 Å². The first-order chi connectivity index (χ1) is 8.78. The van der Waals surface area contributed by atoms with Crippen LogP contribution >= 0.6 is 15.9 Å². The van der Waals surface area contributed by atoms with Gasteiger partial charge in [0, 0.05) is 6.54 Å². The second-order valence-electron chi connectivity index (χ2n) is 5.46. The molecule has 0 fully saturated rings. The van der Waals surface area contributed by atoms with Crippen LogP contribution in [0.4, 0.5) is 5.82 Å². The van der Waals surface area contributed by atoms with Crippen molar-refractivity contribution in [1.82, 2.24) is 14.6 Å². The fourth-order valence-electron chi connectivity index (χ4n) is 1.49. The molecule has 6 nitrogen and oxygen atoms in total. The van der Waals surface area contributed by atoms with Crippen molar-refractivity contribution < 1.29 is 9.90 Å². The molecular formula is C12H15BrN4O2. The molecule has 2 heterocycles. The Balaban J connectivity index is 2.35. The molecule has 102 valence electrons. The highest BCUT2D eigenvalue weighted by molar-refractivity contribution is 9.10. The van der Waals surface area contributed by atoms with Crippen molar-refractivity contribution in [3.05, 3.63) is 22.4 Å². The number of halogens is 1. The second kappa shape index (κ2) is 4.80. The van der Waals surface area contributed by atoms with E-state index in [1.807, 2.05) is 0 Å². The van der Waals surface area contributed by atoms with Crippen molar-refractivity contribution in [3.63, 3.8) is 0 Å². The molecule has 0 aliphatic rings. The lowest BCUT2D eigenvalue weighted by Gasteiger charge is -2.18. The van der Waals surface area contributed by atoms with Gasteiger partial charge >= 0.3 is 5.97 Å². The molecule has 2 rings (SSSR count). The summed E-state index contributed by atoms with van der Waals surface area (Å²) in [5.41, 5.74) is 0.584. The first-order valence-electron chi connectivity index (χ1n) is 5.80. The molecule has 2 N–H and O–H groups in total. The molecule has 7 heteroatoms. The van der Waals surface area contributed by atoms with E-state index in [1.54, 1.807) is 12.1 Å². The lowest BCUT2D eigenvalue weighted by molar-refractivity contribution is 0.0690. The minimum absolute atomic E-state index is 0.0412. The Morgan fingerprint density at radius 3 is 2.74 bits per heavy atom. The molecule has 0 aliphatic carbocycles. The van der Waals surface area contributed by atoms with E-state index in [-0.39, 0.29) is 11.1 Å². The zero-order valence-corrected chi connectivity index (χ0v) is 12.5. The van der Waals surface area contributed by atoms with Crippen LogP contribution in [0.1, 0.15) is 31.3 Å². The van der Waals surface area contributed by atoms with Crippen LogP contribution in [-0.4, -0.2) is 32.2 Å². The number of fused-ring (bicyclic) bond motifs is 1. The minimum atomic E-state index is -1.08. The maximum Gasteiger partial charge on any atom is 0.357 e. The van der Waals surface area contributed by atoms with E-state index < -0.39 is 5.97 Å². The predicted octanol–water partition coefficient (Wildman–Crippen LogP) is 2.65. The number of hydrogen-bond donors (Lipinski definition) is 2. The third-order valence-corrected chi connectivity index (χ3v) is 3.14. The zero-order chi connectivity index (χ0) is 14.2. The molecule has 0 saturated carbocycles. The van der Waals surface area contributed by atoms with Crippen LogP contribution in [0.3, 0.4) is 0 Å². The molecule has 19 heavy (non-hydrogen) atoms. The summed E-state index contributed by atoms with van der Waals surface area (Å²) in [7, 11) is 0. The van der Waals surface area contributed by atoms with Crippen LogP contribution in [0.2, 0.25) is 0 Å². The summed E-state index contributed by atoms with van der Waals surface area (Å²) in [4.78, 5) is 15.0. The van der Waals surface area contributed by atoms with Crippen molar-refractivity contribution in [2.45, 2.75) is 20.8 Å². The first-order valence-corrected chi connectivity index (χ1v) is 6.60. The number of imidazole rings is 1. The van der Waals surface area contributed by atoms with Crippen molar-refractivity contribution in [3.8, 4) is 0 Å². The highest BCUT2D eigenvalue weighted by Gasteiger charge is 2.17. The van der Waals surface area contributed by atoms with Crippen LogP contribution in [0.15, 0.2) is 16.7 Å². The topological polar surface area (TPSA) is 79.5 Å². The van der Waals surface area contributed by atoms with Gasteiger partial charge in [0.05, 0.1) is 0 Å². The average Bonchev–Trinajstić information content (AvgIpc) is 2.63. The molecule has 0 unspecified atom stereocenters. The Morgan fingerprint density at radius 1 is 1.47 bits per heavy atom. The summed E-state index contributed by atoms with van der Waals surface area (Å²) >= 11 is 3.21. The number of anilines is 1. The van der Waals surface area contributed by atoms with Gasteiger partial charge in [0.1, 0.15) is 10.4 Å². The number of rotatable bonds is 3.